The van der Waals surface area contributed by atoms with E-state index in [4.69, 9.17) is 11.6 Å². The third-order valence-electron chi connectivity index (χ3n) is 4.03. The van der Waals surface area contributed by atoms with Gasteiger partial charge in [0.15, 0.2) is 0 Å². The van der Waals surface area contributed by atoms with Gasteiger partial charge < -0.3 is 10.4 Å². The molecule has 3 aromatic rings. The predicted octanol–water partition coefficient (Wildman–Crippen LogP) is 4.88. The fourth-order valence-corrected chi connectivity index (χ4v) is 2.77. The molecule has 132 valence electrons. The highest BCUT2D eigenvalue weighted by molar-refractivity contribution is 6.33. The minimum Gasteiger partial charge on any atom is -0.386 e. The summed E-state index contributed by atoms with van der Waals surface area (Å²) in [6, 6.07) is 17.8. The Morgan fingerprint density at radius 2 is 1.69 bits per heavy atom. The molecule has 0 spiro atoms. The normalized spacial score (nSPS) is 11.2. The van der Waals surface area contributed by atoms with E-state index in [1.165, 1.54) is 0 Å². The largest absolute Gasteiger partial charge is 0.386 e. The summed E-state index contributed by atoms with van der Waals surface area (Å²) in [5.74, 6) is -0.209. The van der Waals surface area contributed by atoms with Crippen LogP contribution in [-0.2, 0) is 5.60 Å². The molecule has 26 heavy (non-hydrogen) atoms. The zero-order valence-corrected chi connectivity index (χ0v) is 15.3. The monoisotopic (exact) mass is 366 g/mol. The first-order valence-electron chi connectivity index (χ1n) is 8.20. The molecule has 0 saturated heterocycles. The molecule has 2 aromatic carbocycles. The summed E-state index contributed by atoms with van der Waals surface area (Å²) in [4.78, 5) is 16.7. The van der Waals surface area contributed by atoms with Gasteiger partial charge in [-0.1, -0.05) is 35.9 Å². The Bertz CT molecular complexity index is 914. The van der Waals surface area contributed by atoms with E-state index in [1.54, 1.807) is 68.6 Å². The molecule has 2 N–H and O–H groups in total. The van der Waals surface area contributed by atoms with Gasteiger partial charge in [0.25, 0.3) is 5.91 Å². The molecule has 0 unspecified atom stereocenters. The van der Waals surface area contributed by atoms with Crippen molar-refractivity contribution in [2.75, 3.05) is 5.32 Å². The maximum Gasteiger partial charge on any atom is 0.255 e. The summed E-state index contributed by atoms with van der Waals surface area (Å²) < 4.78 is 0. The molecule has 0 bridgehead atoms. The standard InChI is InChI=1S/C21H19ClN2O2/c1-21(2,26)16-9-11-17(12-10-16)24-20(25)15-7-5-14(6-8-15)19-18(22)4-3-13-23-19/h3-13,26H,1-2H3,(H,24,25). The van der Waals surface area contributed by atoms with Crippen LogP contribution in [0.15, 0.2) is 66.9 Å². The molecule has 0 aliphatic rings. The Hall–Kier alpha value is -2.69. The second kappa shape index (κ2) is 7.28. The summed E-state index contributed by atoms with van der Waals surface area (Å²) in [5.41, 5.74) is 2.61. The third kappa shape index (κ3) is 4.10. The van der Waals surface area contributed by atoms with Crippen molar-refractivity contribution in [2.45, 2.75) is 19.4 Å². The van der Waals surface area contributed by atoms with E-state index in [0.717, 1.165) is 11.1 Å². The van der Waals surface area contributed by atoms with Crippen molar-refractivity contribution < 1.29 is 9.90 Å². The summed E-state index contributed by atoms with van der Waals surface area (Å²) in [6.07, 6.45) is 1.68. The molecule has 0 radical (unpaired) electrons. The number of carbonyl (C=O) groups is 1. The van der Waals surface area contributed by atoms with Crippen LogP contribution in [0.25, 0.3) is 11.3 Å². The van der Waals surface area contributed by atoms with Gasteiger partial charge in [0, 0.05) is 23.0 Å². The van der Waals surface area contributed by atoms with E-state index < -0.39 is 5.60 Å². The minimum absolute atomic E-state index is 0.209. The molecule has 0 fully saturated rings. The van der Waals surface area contributed by atoms with E-state index in [-0.39, 0.29) is 5.91 Å². The van der Waals surface area contributed by atoms with Gasteiger partial charge >= 0.3 is 0 Å². The smallest absolute Gasteiger partial charge is 0.255 e. The molecule has 1 amide bonds. The number of aromatic nitrogens is 1. The molecule has 0 aliphatic carbocycles. The van der Waals surface area contributed by atoms with Gasteiger partial charge in [0.05, 0.1) is 16.3 Å². The summed E-state index contributed by atoms with van der Waals surface area (Å²) in [6.45, 7) is 3.44. The number of nitrogens with one attached hydrogen (secondary N) is 1. The molecule has 5 heteroatoms. The second-order valence-electron chi connectivity index (χ2n) is 6.50. The van der Waals surface area contributed by atoms with Crippen LogP contribution in [0.2, 0.25) is 5.02 Å². The van der Waals surface area contributed by atoms with Crippen LogP contribution in [0, 0.1) is 0 Å². The van der Waals surface area contributed by atoms with E-state index in [0.29, 0.717) is 22.0 Å². The minimum atomic E-state index is -0.912. The van der Waals surface area contributed by atoms with Crippen molar-refractivity contribution in [1.29, 1.82) is 0 Å². The number of benzene rings is 2. The molecular formula is C21H19ClN2O2. The SMILES string of the molecule is CC(C)(O)c1ccc(NC(=O)c2ccc(-c3ncccc3Cl)cc2)cc1. The number of rotatable bonds is 4. The zero-order valence-electron chi connectivity index (χ0n) is 14.5. The van der Waals surface area contributed by atoms with Crippen LogP contribution in [0.4, 0.5) is 5.69 Å². The van der Waals surface area contributed by atoms with E-state index in [2.05, 4.69) is 10.3 Å². The van der Waals surface area contributed by atoms with Gasteiger partial charge in [0.1, 0.15) is 0 Å². The topological polar surface area (TPSA) is 62.2 Å². The van der Waals surface area contributed by atoms with E-state index >= 15 is 0 Å². The Labute approximate surface area is 157 Å². The lowest BCUT2D eigenvalue weighted by Gasteiger charge is -2.18. The second-order valence-corrected chi connectivity index (χ2v) is 6.91. The number of amides is 1. The van der Waals surface area contributed by atoms with Crippen LogP contribution in [-0.4, -0.2) is 16.0 Å². The van der Waals surface area contributed by atoms with Gasteiger partial charge in [-0.25, -0.2) is 0 Å². The molecule has 0 aliphatic heterocycles. The van der Waals surface area contributed by atoms with Crippen molar-refractivity contribution in [2.24, 2.45) is 0 Å². The molecule has 0 saturated carbocycles. The average molecular weight is 367 g/mol. The first-order valence-corrected chi connectivity index (χ1v) is 8.57. The van der Waals surface area contributed by atoms with Gasteiger partial charge in [-0.05, 0) is 55.8 Å². The Morgan fingerprint density at radius 1 is 1.04 bits per heavy atom. The highest BCUT2D eigenvalue weighted by atomic mass is 35.5. The number of aliphatic hydroxyl groups is 1. The van der Waals surface area contributed by atoms with Crippen LogP contribution in [0.3, 0.4) is 0 Å². The fraction of sp³-hybridized carbons (Fsp3) is 0.143. The number of hydrogen-bond acceptors (Lipinski definition) is 3. The highest BCUT2D eigenvalue weighted by Crippen LogP contribution is 2.25. The lowest BCUT2D eigenvalue weighted by Crippen LogP contribution is -2.16. The Kier molecular flexibility index (Phi) is 5.07. The van der Waals surface area contributed by atoms with Gasteiger partial charge in [-0.2, -0.15) is 0 Å². The lowest BCUT2D eigenvalue weighted by molar-refractivity contribution is 0.0786. The number of carbonyl (C=O) groups excluding carboxylic acids is 1. The fourth-order valence-electron chi connectivity index (χ4n) is 2.54. The van der Waals surface area contributed by atoms with E-state index in [9.17, 15) is 9.90 Å². The number of halogens is 1. The van der Waals surface area contributed by atoms with Gasteiger partial charge in [0.2, 0.25) is 0 Å². The molecular weight excluding hydrogens is 348 g/mol. The lowest BCUT2D eigenvalue weighted by atomic mass is 9.98. The Balaban J connectivity index is 1.73. The van der Waals surface area contributed by atoms with Crippen LogP contribution in [0.5, 0.6) is 0 Å². The van der Waals surface area contributed by atoms with Crippen LogP contribution in [0.1, 0.15) is 29.8 Å². The highest BCUT2D eigenvalue weighted by Gasteiger charge is 2.15. The maximum absolute atomic E-state index is 12.4. The van der Waals surface area contributed by atoms with E-state index in [1.807, 2.05) is 12.1 Å². The van der Waals surface area contributed by atoms with Crippen molar-refractivity contribution in [1.82, 2.24) is 4.98 Å². The van der Waals surface area contributed by atoms with Gasteiger partial charge in [-0.3, -0.25) is 9.78 Å². The molecule has 1 heterocycles. The molecule has 3 rings (SSSR count). The first kappa shape index (κ1) is 18.1. The maximum atomic E-state index is 12.4. The summed E-state index contributed by atoms with van der Waals surface area (Å²) >= 11 is 6.15. The third-order valence-corrected chi connectivity index (χ3v) is 4.33. The Morgan fingerprint density at radius 3 is 2.27 bits per heavy atom. The van der Waals surface area contributed by atoms with Crippen molar-refractivity contribution in [3.05, 3.63) is 83.0 Å². The number of pyridine rings is 1. The average Bonchev–Trinajstić information content (AvgIpc) is 2.62. The number of hydrogen-bond donors (Lipinski definition) is 2. The predicted molar refractivity (Wildman–Crippen MR) is 104 cm³/mol. The zero-order chi connectivity index (χ0) is 18.7. The quantitative estimate of drug-likeness (QED) is 0.691. The molecule has 4 nitrogen and oxygen atoms in total. The van der Waals surface area contributed by atoms with Crippen LogP contribution >= 0.6 is 11.6 Å². The van der Waals surface area contributed by atoms with Crippen molar-refractivity contribution >= 4 is 23.2 Å². The number of anilines is 1. The molecule has 1 aromatic heterocycles. The molecule has 0 atom stereocenters. The first-order chi connectivity index (χ1) is 12.3. The summed E-state index contributed by atoms with van der Waals surface area (Å²) in [7, 11) is 0. The van der Waals surface area contributed by atoms with Crippen molar-refractivity contribution in [3.8, 4) is 11.3 Å². The van der Waals surface area contributed by atoms with Gasteiger partial charge in [-0.15, -0.1) is 0 Å². The van der Waals surface area contributed by atoms with Crippen molar-refractivity contribution in [3.63, 3.8) is 0 Å². The summed E-state index contributed by atoms with van der Waals surface area (Å²) in [5, 5.41) is 13.4. The number of nitrogens with zero attached hydrogens (tertiary/aromatic N) is 1. The van der Waals surface area contributed by atoms with Crippen LogP contribution < -0.4 is 5.32 Å².